The standard InChI is InChI=1S/C15H17N5O2/c21-15(20-7-8-4-11(20)10-5-9(8)10)16-6-13-17-14(19-18-13)12-2-1-3-22-12/h1-3,8-11H,4-7H2,(H,16,21)(H,17,18,19)/t8-,9-,10-,11-/m0/s1. The largest absolute Gasteiger partial charge is 0.461 e. The lowest BCUT2D eigenvalue weighted by atomic mass is 10.1. The van der Waals surface area contributed by atoms with E-state index in [1.807, 2.05) is 4.90 Å². The average molecular weight is 299 g/mol. The molecule has 2 saturated carbocycles. The summed E-state index contributed by atoms with van der Waals surface area (Å²) in [7, 11) is 0. The molecule has 0 spiro atoms. The van der Waals surface area contributed by atoms with Gasteiger partial charge < -0.3 is 14.6 Å². The average Bonchev–Trinajstić information content (AvgIpc) is 3.03. The molecule has 2 N–H and O–H groups in total. The van der Waals surface area contributed by atoms with Crippen LogP contribution in [0.25, 0.3) is 11.6 Å². The number of nitrogens with zero attached hydrogens (tertiary/aromatic N) is 3. The molecule has 114 valence electrons. The van der Waals surface area contributed by atoms with Gasteiger partial charge in [0.15, 0.2) is 5.76 Å². The Balaban J connectivity index is 1.22. The van der Waals surface area contributed by atoms with E-state index in [1.165, 1.54) is 12.8 Å². The minimum atomic E-state index is 0.0220. The smallest absolute Gasteiger partial charge is 0.318 e. The molecule has 1 saturated heterocycles. The number of H-pyrrole nitrogens is 1. The lowest BCUT2D eigenvalue weighted by molar-refractivity contribution is 0.176. The fourth-order valence-corrected chi connectivity index (χ4v) is 4.22. The Bertz CT molecular complexity index is 709. The van der Waals surface area contributed by atoms with Crippen molar-refractivity contribution in [1.29, 1.82) is 0 Å². The van der Waals surface area contributed by atoms with E-state index in [0.717, 1.165) is 24.3 Å². The molecule has 4 atom stereocenters. The maximum Gasteiger partial charge on any atom is 0.318 e. The molecule has 22 heavy (non-hydrogen) atoms. The van der Waals surface area contributed by atoms with E-state index in [1.54, 1.807) is 18.4 Å². The number of amides is 2. The van der Waals surface area contributed by atoms with Crippen LogP contribution in [0, 0.1) is 17.8 Å². The maximum atomic E-state index is 12.3. The second kappa shape index (κ2) is 4.34. The Morgan fingerprint density at radius 1 is 1.45 bits per heavy atom. The Kier molecular flexibility index (Phi) is 2.42. The number of rotatable bonds is 3. The van der Waals surface area contributed by atoms with Gasteiger partial charge in [0.2, 0.25) is 5.82 Å². The topological polar surface area (TPSA) is 87.0 Å². The maximum absolute atomic E-state index is 12.3. The first kappa shape index (κ1) is 12.3. The molecule has 3 aliphatic rings. The van der Waals surface area contributed by atoms with E-state index in [-0.39, 0.29) is 6.03 Å². The van der Waals surface area contributed by atoms with Crippen LogP contribution in [0.2, 0.25) is 0 Å². The quantitative estimate of drug-likeness (QED) is 0.901. The lowest BCUT2D eigenvalue weighted by Crippen LogP contribution is -2.45. The van der Waals surface area contributed by atoms with Gasteiger partial charge in [-0.1, -0.05) is 0 Å². The van der Waals surface area contributed by atoms with Crippen molar-refractivity contribution < 1.29 is 9.21 Å². The molecule has 2 aromatic rings. The number of hydrogen-bond donors (Lipinski definition) is 2. The molecule has 2 amide bonds. The predicted molar refractivity (Wildman–Crippen MR) is 76.5 cm³/mol. The molecule has 0 aromatic carbocycles. The first-order valence-corrected chi connectivity index (χ1v) is 7.79. The molecule has 7 nitrogen and oxygen atoms in total. The molecule has 1 aliphatic heterocycles. The Hall–Kier alpha value is -2.31. The van der Waals surface area contributed by atoms with Crippen molar-refractivity contribution in [2.45, 2.75) is 25.4 Å². The van der Waals surface area contributed by atoms with Gasteiger partial charge in [-0.25, -0.2) is 9.78 Å². The molecular weight excluding hydrogens is 282 g/mol. The van der Waals surface area contributed by atoms with Crippen LogP contribution < -0.4 is 5.32 Å². The number of urea groups is 1. The van der Waals surface area contributed by atoms with E-state index in [2.05, 4.69) is 20.5 Å². The normalized spacial score (nSPS) is 31.4. The minimum absolute atomic E-state index is 0.0220. The van der Waals surface area contributed by atoms with Crippen LogP contribution in [0.1, 0.15) is 18.7 Å². The van der Waals surface area contributed by atoms with Crippen LogP contribution in [0.3, 0.4) is 0 Å². The number of fused-ring (bicyclic) bond motifs is 5. The molecule has 7 heteroatoms. The van der Waals surface area contributed by atoms with E-state index >= 15 is 0 Å². The summed E-state index contributed by atoms with van der Waals surface area (Å²) in [6.07, 6.45) is 4.11. The summed E-state index contributed by atoms with van der Waals surface area (Å²) in [6.45, 7) is 1.28. The second-order valence-electron chi connectivity index (χ2n) is 6.52. The SMILES string of the molecule is O=C(NCc1nc(-c2ccco2)n[nH]1)N1C[C@@H]2C[C@H]1[C@H]1C[C@@H]21. The number of aromatic nitrogens is 3. The third-order valence-corrected chi connectivity index (χ3v) is 5.31. The van der Waals surface area contributed by atoms with E-state index < -0.39 is 0 Å². The number of nitrogens with one attached hydrogen (secondary N) is 2. The van der Waals surface area contributed by atoms with Crippen LogP contribution in [-0.4, -0.2) is 38.7 Å². The summed E-state index contributed by atoms with van der Waals surface area (Å²) in [6, 6.07) is 4.09. The van der Waals surface area contributed by atoms with Crippen molar-refractivity contribution in [3.05, 3.63) is 24.2 Å². The molecule has 3 heterocycles. The summed E-state index contributed by atoms with van der Waals surface area (Å²) < 4.78 is 5.25. The van der Waals surface area contributed by atoms with Gasteiger partial charge in [-0.2, -0.15) is 0 Å². The van der Waals surface area contributed by atoms with E-state index in [9.17, 15) is 4.79 Å². The summed E-state index contributed by atoms with van der Waals surface area (Å²) in [4.78, 5) is 18.7. The van der Waals surface area contributed by atoms with Crippen molar-refractivity contribution in [2.75, 3.05) is 6.54 Å². The monoisotopic (exact) mass is 299 g/mol. The summed E-state index contributed by atoms with van der Waals surface area (Å²) >= 11 is 0. The van der Waals surface area contributed by atoms with Gasteiger partial charge in [0.1, 0.15) is 5.82 Å². The van der Waals surface area contributed by atoms with Crippen molar-refractivity contribution in [3.63, 3.8) is 0 Å². The van der Waals surface area contributed by atoms with Crippen molar-refractivity contribution >= 4 is 6.03 Å². The number of carbonyl (C=O) groups excluding carboxylic acids is 1. The minimum Gasteiger partial charge on any atom is -0.461 e. The molecule has 2 bridgehead atoms. The highest BCUT2D eigenvalue weighted by Crippen LogP contribution is 2.60. The number of carbonyl (C=O) groups is 1. The van der Waals surface area contributed by atoms with E-state index in [4.69, 9.17) is 4.42 Å². The molecule has 3 fully saturated rings. The third-order valence-electron chi connectivity index (χ3n) is 5.31. The van der Waals surface area contributed by atoms with Crippen molar-refractivity contribution in [2.24, 2.45) is 17.8 Å². The van der Waals surface area contributed by atoms with Gasteiger partial charge in [-0.15, -0.1) is 5.10 Å². The zero-order valence-electron chi connectivity index (χ0n) is 12.0. The molecule has 0 unspecified atom stereocenters. The zero-order valence-corrected chi connectivity index (χ0v) is 12.0. The molecule has 5 rings (SSSR count). The first-order chi connectivity index (χ1) is 10.8. The Labute approximate surface area is 127 Å². The van der Waals surface area contributed by atoms with Gasteiger partial charge in [0.25, 0.3) is 0 Å². The molecular formula is C15H17N5O2. The van der Waals surface area contributed by atoms with Crippen molar-refractivity contribution in [3.8, 4) is 11.6 Å². The van der Waals surface area contributed by atoms with Gasteiger partial charge in [0, 0.05) is 12.6 Å². The van der Waals surface area contributed by atoms with Crippen LogP contribution in [-0.2, 0) is 6.54 Å². The highest BCUT2D eigenvalue weighted by molar-refractivity contribution is 5.75. The number of aromatic amines is 1. The highest BCUT2D eigenvalue weighted by atomic mass is 16.3. The molecule has 2 aliphatic carbocycles. The van der Waals surface area contributed by atoms with Gasteiger partial charge in [0.05, 0.1) is 12.8 Å². The second-order valence-corrected chi connectivity index (χ2v) is 6.52. The highest BCUT2D eigenvalue weighted by Gasteiger charge is 2.61. The van der Waals surface area contributed by atoms with Gasteiger partial charge in [-0.05, 0) is 42.7 Å². The van der Waals surface area contributed by atoms with Crippen LogP contribution in [0.15, 0.2) is 22.8 Å². The number of likely N-dealkylation sites (tertiary alicyclic amines) is 1. The van der Waals surface area contributed by atoms with E-state index in [0.29, 0.717) is 30.0 Å². The predicted octanol–water partition coefficient (Wildman–Crippen LogP) is 1.61. The number of furan rings is 1. The fourth-order valence-electron chi connectivity index (χ4n) is 4.22. The fraction of sp³-hybridized carbons (Fsp3) is 0.533. The lowest BCUT2D eigenvalue weighted by Gasteiger charge is -2.26. The van der Waals surface area contributed by atoms with Gasteiger partial charge in [-0.3, -0.25) is 5.10 Å². The number of piperidine rings is 1. The third kappa shape index (κ3) is 1.77. The van der Waals surface area contributed by atoms with Crippen LogP contribution >= 0.6 is 0 Å². The van der Waals surface area contributed by atoms with Crippen LogP contribution in [0.5, 0.6) is 0 Å². The Morgan fingerprint density at radius 2 is 2.41 bits per heavy atom. The summed E-state index contributed by atoms with van der Waals surface area (Å²) in [5.74, 6) is 4.20. The molecule has 0 radical (unpaired) electrons. The first-order valence-electron chi connectivity index (χ1n) is 7.79. The van der Waals surface area contributed by atoms with Crippen LogP contribution in [0.4, 0.5) is 4.79 Å². The van der Waals surface area contributed by atoms with Crippen molar-refractivity contribution in [1.82, 2.24) is 25.4 Å². The zero-order chi connectivity index (χ0) is 14.7. The molecule has 2 aromatic heterocycles. The number of hydrogen-bond acceptors (Lipinski definition) is 4. The van der Waals surface area contributed by atoms with Gasteiger partial charge >= 0.3 is 6.03 Å². The summed E-state index contributed by atoms with van der Waals surface area (Å²) in [5, 5.41) is 9.88. The summed E-state index contributed by atoms with van der Waals surface area (Å²) in [5.41, 5.74) is 0. The Morgan fingerprint density at radius 3 is 3.18 bits per heavy atom.